The second-order valence-electron chi connectivity index (χ2n) is 2.70. The zero-order valence-electron chi connectivity index (χ0n) is 7.24. The minimum atomic E-state index is 0.680. The molecule has 2 nitrogen and oxygen atoms in total. The minimum absolute atomic E-state index is 0.680. The molecule has 0 aliphatic heterocycles. The van der Waals surface area contributed by atoms with E-state index in [1.54, 1.807) is 0 Å². The van der Waals surface area contributed by atoms with Gasteiger partial charge in [0.15, 0.2) is 6.29 Å². The number of hydrogen-bond donors (Lipinski definition) is 0. The summed E-state index contributed by atoms with van der Waals surface area (Å²) in [7, 11) is 0. The SMILES string of the molecule is Cc1ccc(N=CC=O)c(C)c1. The number of benzene rings is 1. The summed E-state index contributed by atoms with van der Waals surface area (Å²) in [5, 5.41) is 0. The minimum Gasteiger partial charge on any atom is -0.297 e. The smallest absolute Gasteiger partial charge is 0.161 e. The molecule has 0 heterocycles. The van der Waals surface area contributed by atoms with Crippen LogP contribution in [0.2, 0.25) is 0 Å². The van der Waals surface area contributed by atoms with Crippen LogP contribution in [0.25, 0.3) is 0 Å². The molecule has 0 N–H and O–H groups in total. The van der Waals surface area contributed by atoms with Crippen molar-refractivity contribution in [3.05, 3.63) is 29.3 Å². The zero-order chi connectivity index (χ0) is 8.97. The molecule has 0 atom stereocenters. The van der Waals surface area contributed by atoms with Crippen LogP contribution in [0.1, 0.15) is 11.1 Å². The fraction of sp³-hybridized carbons (Fsp3) is 0.200. The summed E-state index contributed by atoms with van der Waals surface area (Å²) < 4.78 is 0. The maximum absolute atomic E-state index is 10.0. The van der Waals surface area contributed by atoms with E-state index in [1.807, 2.05) is 32.0 Å². The average Bonchev–Trinajstić information content (AvgIpc) is 2.03. The van der Waals surface area contributed by atoms with Gasteiger partial charge in [-0.05, 0) is 25.5 Å². The van der Waals surface area contributed by atoms with Crippen LogP contribution in [0.4, 0.5) is 5.69 Å². The van der Waals surface area contributed by atoms with Crippen molar-refractivity contribution in [2.24, 2.45) is 4.99 Å². The Kier molecular flexibility index (Phi) is 2.75. The van der Waals surface area contributed by atoms with E-state index >= 15 is 0 Å². The molecule has 0 saturated heterocycles. The van der Waals surface area contributed by atoms with Crippen molar-refractivity contribution >= 4 is 18.2 Å². The van der Waals surface area contributed by atoms with E-state index < -0.39 is 0 Å². The van der Waals surface area contributed by atoms with Gasteiger partial charge >= 0.3 is 0 Å². The fourth-order valence-electron chi connectivity index (χ4n) is 1.06. The van der Waals surface area contributed by atoms with Crippen LogP contribution >= 0.6 is 0 Å². The lowest BCUT2D eigenvalue weighted by Crippen LogP contribution is -1.78. The van der Waals surface area contributed by atoms with E-state index in [-0.39, 0.29) is 0 Å². The Bertz CT molecular complexity index is 316. The maximum atomic E-state index is 10.0. The van der Waals surface area contributed by atoms with E-state index in [4.69, 9.17) is 0 Å². The van der Waals surface area contributed by atoms with Gasteiger partial charge in [0.2, 0.25) is 0 Å². The lowest BCUT2D eigenvalue weighted by Gasteiger charge is -1.99. The van der Waals surface area contributed by atoms with E-state index in [2.05, 4.69) is 4.99 Å². The highest BCUT2D eigenvalue weighted by atomic mass is 16.1. The van der Waals surface area contributed by atoms with E-state index in [0.29, 0.717) is 6.29 Å². The van der Waals surface area contributed by atoms with Crippen molar-refractivity contribution in [3.63, 3.8) is 0 Å². The molecule has 62 valence electrons. The summed E-state index contributed by atoms with van der Waals surface area (Å²) in [5.74, 6) is 0. The standard InChI is InChI=1S/C10H11NO/c1-8-3-4-10(9(2)7-8)11-5-6-12/h3-7H,1-2H3. The highest BCUT2D eigenvalue weighted by molar-refractivity contribution is 6.13. The third-order valence-electron chi connectivity index (χ3n) is 1.63. The third kappa shape index (κ3) is 2.02. The second kappa shape index (κ2) is 3.81. The van der Waals surface area contributed by atoms with E-state index in [9.17, 15) is 4.79 Å². The van der Waals surface area contributed by atoms with Crippen molar-refractivity contribution < 1.29 is 4.79 Å². The first-order valence-electron chi connectivity index (χ1n) is 3.79. The molecule has 1 aromatic carbocycles. The number of aldehydes is 1. The molecule has 0 spiro atoms. The molecule has 12 heavy (non-hydrogen) atoms. The van der Waals surface area contributed by atoms with Crippen molar-refractivity contribution in [1.82, 2.24) is 0 Å². The summed E-state index contributed by atoms with van der Waals surface area (Å²) in [5.41, 5.74) is 3.15. The summed E-state index contributed by atoms with van der Waals surface area (Å²) in [6.07, 6.45) is 1.94. The maximum Gasteiger partial charge on any atom is 0.161 e. The zero-order valence-corrected chi connectivity index (χ0v) is 7.24. The highest BCUT2D eigenvalue weighted by Gasteiger charge is 1.93. The Balaban J connectivity index is 3.01. The first-order chi connectivity index (χ1) is 5.74. The molecule has 0 fully saturated rings. The Morgan fingerprint density at radius 2 is 2.08 bits per heavy atom. The highest BCUT2D eigenvalue weighted by Crippen LogP contribution is 2.18. The molecule has 0 aromatic heterocycles. The Morgan fingerprint density at radius 3 is 2.67 bits per heavy atom. The topological polar surface area (TPSA) is 29.4 Å². The van der Waals surface area contributed by atoms with Crippen LogP contribution in [-0.4, -0.2) is 12.5 Å². The van der Waals surface area contributed by atoms with Crippen molar-refractivity contribution in [3.8, 4) is 0 Å². The Morgan fingerprint density at radius 1 is 1.33 bits per heavy atom. The van der Waals surface area contributed by atoms with Crippen LogP contribution in [0.15, 0.2) is 23.2 Å². The van der Waals surface area contributed by atoms with E-state index in [0.717, 1.165) is 11.3 Å². The second-order valence-corrected chi connectivity index (χ2v) is 2.70. The molecule has 0 radical (unpaired) electrons. The fourth-order valence-corrected chi connectivity index (χ4v) is 1.06. The molecule has 0 aliphatic carbocycles. The third-order valence-corrected chi connectivity index (χ3v) is 1.63. The van der Waals surface area contributed by atoms with Crippen LogP contribution in [0.3, 0.4) is 0 Å². The van der Waals surface area contributed by atoms with Crippen molar-refractivity contribution in [2.75, 3.05) is 0 Å². The van der Waals surface area contributed by atoms with Gasteiger partial charge in [-0.3, -0.25) is 9.79 Å². The largest absolute Gasteiger partial charge is 0.297 e. The molecule has 0 aliphatic rings. The molecular formula is C10H11NO. The molecule has 1 aromatic rings. The summed E-state index contributed by atoms with van der Waals surface area (Å²) in [6.45, 7) is 4.00. The number of aryl methyl sites for hydroxylation is 2. The predicted molar refractivity (Wildman–Crippen MR) is 50.1 cm³/mol. The Labute approximate surface area is 71.9 Å². The van der Waals surface area contributed by atoms with Gasteiger partial charge in [0, 0.05) is 0 Å². The lowest BCUT2D eigenvalue weighted by molar-refractivity contribution is -0.102. The number of rotatable bonds is 2. The first kappa shape index (κ1) is 8.65. The summed E-state index contributed by atoms with van der Waals surface area (Å²) >= 11 is 0. The van der Waals surface area contributed by atoms with Gasteiger partial charge in [-0.15, -0.1) is 0 Å². The van der Waals surface area contributed by atoms with Gasteiger partial charge in [-0.25, -0.2) is 0 Å². The van der Waals surface area contributed by atoms with Crippen LogP contribution < -0.4 is 0 Å². The molecule has 0 amide bonds. The number of aliphatic imine (C=N–C) groups is 1. The Hall–Kier alpha value is -1.44. The quantitative estimate of drug-likeness (QED) is 0.483. The van der Waals surface area contributed by atoms with Crippen molar-refractivity contribution in [1.29, 1.82) is 0 Å². The molecule has 0 bridgehead atoms. The molecule has 0 unspecified atom stereocenters. The van der Waals surface area contributed by atoms with Gasteiger partial charge in [-0.1, -0.05) is 17.7 Å². The molecule has 0 saturated carbocycles. The molecule has 2 heteroatoms. The van der Waals surface area contributed by atoms with Gasteiger partial charge in [0.1, 0.15) is 0 Å². The summed E-state index contributed by atoms with van der Waals surface area (Å²) in [4.78, 5) is 14.0. The molecule has 1 rings (SSSR count). The average molecular weight is 161 g/mol. The number of hydrogen-bond acceptors (Lipinski definition) is 2. The van der Waals surface area contributed by atoms with Gasteiger partial charge in [0.25, 0.3) is 0 Å². The van der Waals surface area contributed by atoms with Crippen LogP contribution in [-0.2, 0) is 4.79 Å². The number of nitrogens with zero attached hydrogens (tertiary/aromatic N) is 1. The van der Waals surface area contributed by atoms with Crippen LogP contribution in [0.5, 0.6) is 0 Å². The number of carbonyl (C=O) groups is 1. The van der Waals surface area contributed by atoms with Gasteiger partial charge in [0.05, 0.1) is 11.9 Å². The monoisotopic (exact) mass is 161 g/mol. The van der Waals surface area contributed by atoms with Crippen molar-refractivity contribution in [2.45, 2.75) is 13.8 Å². The lowest BCUT2D eigenvalue weighted by atomic mass is 10.1. The van der Waals surface area contributed by atoms with Gasteiger partial charge < -0.3 is 0 Å². The normalized spacial score (nSPS) is 10.5. The van der Waals surface area contributed by atoms with E-state index in [1.165, 1.54) is 11.8 Å². The predicted octanol–water partition coefficient (Wildman–Crippen LogP) is 2.20. The van der Waals surface area contributed by atoms with Gasteiger partial charge in [-0.2, -0.15) is 0 Å². The first-order valence-corrected chi connectivity index (χ1v) is 3.79. The number of carbonyl (C=O) groups excluding carboxylic acids is 1. The van der Waals surface area contributed by atoms with Crippen LogP contribution in [0, 0.1) is 13.8 Å². The molecular weight excluding hydrogens is 150 g/mol. The summed E-state index contributed by atoms with van der Waals surface area (Å²) in [6, 6.07) is 5.92.